The lowest BCUT2D eigenvalue weighted by molar-refractivity contribution is 0.0958. The summed E-state index contributed by atoms with van der Waals surface area (Å²) in [5, 5.41) is 8.64. The summed E-state index contributed by atoms with van der Waals surface area (Å²) in [6, 6.07) is 4.16. The molecule has 7 heteroatoms. The molecule has 0 atom stereocenters. The van der Waals surface area contributed by atoms with Crippen molar-refractivity contribution in [3.05, 3.63) is 51.9 Å². The maximum atomic E-state index is 13.2. The summed E-state index contributed by atoms with van der Waals surface area (Å²) in [6.45, 7) is 8.23. The third kappa shape index (κ3) is 3.65. The van der Waals surface area contributed by atoms with Crippen molar-refractivity contribution in [2.45, 2.75) is 45.6 Å². The van der Waals surface area contributed by atoms with Gasteiger partial charge >= 0.3 is 0 Å². The van der Waals surface area contributed by atoms with Gasteiger partial charge < -0.3 is 15.2 Å². The summed E-state index contributed by atoms with van der Waals surface area (Å²) in [5.41, 5.74) is 3.43. The van der Waals surface area contributed by atoms with Crippen LogP contribution in [0.1, 0.15) is 64.0 Å². The van der Waals surface area contributed by atoms with Gasteiger partial charge in [0.25, 0.3) is 11.8 Å². The number of hydrogen-bond donors (Lipinski definition) is 2. The molecule has 5 nitrogen and oxygen atoms in total. The standard InChI is InChI=1S/C22H25N3O2S2/c1-4-10-23-21(27)19-14-7-5-6-8-17(14)29-22(19)24-20(26)16-12-18-15(9-11-28-18)25(16)13(2)3/h4,9,11-13H,1,5-8,10H2,2-3H3,(H,23,27)(H,24,26). The molecule has 3 heterocycles. The molecule has 0 unspecified atom stereocenters. The quantitative estimate of drug-likeness (QED) is 0.518. The molecule has 0 spiro atoms. The normalized spacial score (nSPS) is 13.5. The molecule has 2 N–H and O–H groups in total. The van der Waals surface area contributed by atoms with Crippen LogP contribution in [0.25, 0.3) is 10.2 Å². The highest BCUT2D eigenvalue weighted by atomic mass is 32.1. The average molecular weight is 428 g/mol. The van der Waals surface area contributed by atoms with E-state index in [1.165, 1.54) is 4.88 Å². The predicted octanol–water partition coefficient (Wildman–Crippen LogP) is 5.39. The van der Waals surface area contributed by atoms with E-state index in [1.54, 1.807) is 28.7 Å². The molecule has 0 saturated carbocycles. The molecule has 1 aliphatic carbocycles. The molecule has 29 heavy (non-hydrogen) atoms. The summed E-state index contributed by atoms with van der Waals surface area (Å²) in [6.07, 6.45) is 5.72. The summed E-state index contributed by atoms with van der Waals surface area (Å²) in [7, 11) is 0. The molecule has 0 radical (unpaired) electrons. The number of fused-ring (bicyclic) bond motifs is 2. The number of anilines is 1. The highest BCUT2D eigenvalue weighted by Gasteiger charge is 2.27. The molecule has 3 aromatic heterocycles. The maximum Gasteiger partial charge on any atom is 0.272 e. The van der Waals surface area contributed by atoms with Crippen molar-refractivity contribution >= 4 is 49.7 Å². The number of carbonyl (C=O) groups is 2. The molecule has 4 rings (SSSR count). The van der Waals surface area contributed by atoms with Crippen LogP contribution in [0.5, 0.6) is 0 Å². The van der Waals surface area contributed by atoms with Crippen LogP contribution in [-0.2, 0) is 12.8 Å². The fourth-order valence-corrected chi connectivity index (χ4v) is 6.08. The molecule has 0 aliphatic heterocycles. The number of amides is 2. The first-order chi connectivity index (χ1) is 14.0. The van der Waals surface area contributed by atoms with Crippen LogP contribution in [0.15, 0.2) is 30.2 Å². The Labute approximate surface area is 178 Å². The van der Waals surface area contributed by atoms with Gasteiger partial charge in [-0.15, -0.1) is 29.3 Å². The van der Waals surface area contributed by atoms with E-state index in [0.29, 0.717) is 22.8 Å². The van der Waals surface area contributed by atoms with Crippen molar-refractivity contribution in [1.29, 1.82) is 0 Å². The third-order valence-corrected chi connectivity index (χ3v) is 7.30. The second-order valence-corrected chi connectivity index (χ2v) is 9.58. The van der Waals surface area contributed by atoms with Crippen LogP contribution in [0.4, 0.5) is 5.00 Å². The summed E-state index contributed by atoms with van der Waals surface area (Å²) < 4.78 is 3.16. The van der Waals surface area contributed by atoms with Crippen molar-refractivity contribution in [2.24, 2.45) is 0 Å². The Morgan fingerprint density at radius 3 is 2.83 bits per heavy atom. The van der Waals surface area contributed by atoms with E-state index in [1.807, 2.05) is 11.4 Å². The summed E-state index contributed by atoms with van der Waals surface area (Å²) in [4.78, 5) is 27.3. The number of nitrogens with zero attached hydrogens (tertiary/aromatic N) is 1. The van der Waals surface area contributed by atoms with E-state index < -0.39 is 0 Å². The monoisotopic (exact) mass is 427 g/mol. The van der Waals surface area contributed by atoms with Crippen LogP contribution in [0, 0.1) is 0 Å². The third-order valence-electron chi connectivity index (χ3n) is 5.24. The van der Waals surface area contributed by atoms with Crippen molar-refractivity contribution in [3.63, 3.8) is 0 Å². The Hall–Kier alpha value is -2.38. The molecule has 0 fully saturated rings. The van der Waals surface area contributed by atoms with E-state index >= 15 is 0 Å². The lowest BCUT2D eigenvalue weighted by atomic mass is 9.95. The van der Waals surface area contributed by atoms with Crippen LogP contribution in [-0.4, -0.2) is 22.9 Å². The smallest absolute Gasteiger partial charge is 0.272 e. The lowest BCUT2D eigenvalue weighted by Crippen LogP contribution is -2.26. The second-order valence-electron chi connectivity index (χ2n) is 7.53. The van der Waals surface area contributed by atoms with E-state index in [0.717, 1.165) is 41.5 Å². The summed E-state index contributed by atoms with van der Waals surface area (Å²) in [5.74, 6) is -0.307. The van der Waals surface area contributed by atoms with Gasteiger partial charge in [0.15, 0.2) is 0 Å². The number of carbonyl (C=O) groups excluding carboxylic acids is 2. The Balaban J connectivity index is 1.71. The van der Waals surface area contributed by atoms with Crippen molar-refractivity contribution < 1.29 is 9.59 Å². The molecule has 2 amide bonds. The Morgan fingerprint density at radius 2 is 2.07 bits per heavy atom. The van der Waals surface area contributed by atoms with Gasteiger partial charge in [-0.3, -0.25) is 9.59 Å². The van der Waals surface area contributed by atoms with Crippen LogP contribution < -0.4 is 10.6 Å². The first kappa shape index (κ1) is 19.9. The van der Waals surface area contributed by atoms with Crippen LogP contribution >= 0.6 is 22.7 Å². The topological polar surface area (TPSA) is 63.1 Å². The van der Waals surface area contributed by atoms with Crippen molar-refractivity contribution in [3.8, 4) is 0 Å². The van der Waals surface area contributed by atoms with Crippen LogP contribution in [0.3, 0.4) is 0 Å². The number of aromatic nitrogens is 1. The largest absolute Gasteiger partial charge is 0.348 e. The van der Waals surface area contributed by atoms with Crippen molar-refractivity contribution in [2.75, 3.05) is 11.9 Å². The highest BCUT2D eigenvalue weighted by Crippen LogP contribution is 2.39. The average Bonchev–Trinajstić information content (AvgIpc) is 3.37. The molecule has 0 saturated heterocycles. The molecule has 152 valence electrons. The van der Waals surface area contributed by atoms with E-state index in [9.17, 15) is 9.59 Å². The number of nitrogens with one attached hydrogen (secondary N) is 2. The molecule has 1 aliphatic rings. The fraction of sp³-hybridized carbons (Fsp3) is 0.364. The summed E-state index contributed by atoms with van der Waals surface area (Å²) >= 11 is 3.18. The molecule has 0 aromatic carbocycles. The molecular weight excluding hydrogens is 402 g/mol. The van der Waals surface area contributed by atoms with Gasteiger partial charge in [0.1, 0.15) is 10.7 Å². The van der Waals surface area contributed by atoms with Crippen molar-refractivity contribution in [1.82, 2.24) is 9.88 Å². The van der Waals surface area contributed by atoms with Crippen LogP contribution in [0.2, 0.25) is 0 Å². The second kappa shape index (κ2) is 8.16. The van der Waals surface area contributed by atoms with Gasteiger partial charge in [-0.1, -0.05) is 6.08 Å². The predicted molar refractivity (Wildman–Crippen MR) is 122 cm³/mol. The first-order valence-corrected chi connectivity index (χ1v) is 11.6. The molecule has 0 bridgehead atoms. The number of rotatable bonds is 6. The van der Waals surface area contributed by atoms with E-state index in [4.69, 9.17) is 0 Å². The Kier molecular flexibility index (Phi) is 5.61. The Bertz CT molecular complexity index is 1090. The van der Waals surface area contributed by atoms with Gasteiger partial charge in [0.2, 0.25) is 0 Å². The zero-order valence-corrected chi connectivity index (χ0v) is 18.3. The number of aryl methyl sites for hydroxylation is 1. The number of thiophene rings is 2. The zero-order valence-electron chi connectivity index (χ0n) is 16.7. The fourth-order valence-electron chi connectivity index (χ4n) is 3.99. The lowest BCUT2D eigenvalue weighted by Gasteiger charge is -2.15. The van der Waals surface area contributed by atoms with Gasteiger partial charge in [0, 0.05) is 17.5 Å². The maximum absolute atomic E-state index is 13.2. The van der Waals surface area contributed by atoms with Gasteiger partial charge in [0.05, 0.1) is 15.8 Å². The SMILES string of the molecule is C=CCNC(=O)c1c(NC(=O)c2cc3sccc3n2C(C)C)sc2c1CCCC2. The van der Waals surface area contributed by atoms with Gasteiger partial charge in [-0.2, -0.15) is 0 Å². The molecular formula is C22H25N3O2S2. The zero-order chi connectivity index (χ0) is 20.5. The minimum absolute atomic E-state index is 0.139. The van der Waals surface area contributed by atoms with E-state index in [-0.39, 0.29) is 17.9 Å². The first-order valence-electron chi connectivity index (χ1n) is 9.94. The van der Waals surface area contributed by atoms with E-state index in [2.05, 4.69) is 41.7 Å². The number of hydrogen-bond acceptors (Lipinski definition) is 4. The highest BCUT2D eigenvalue weighted by molar-refractivity contribution is 7.17. The molecule has 3 aromatic rings. The minimum atomic E-state index is -0.168. The Morgan fingerprint density at radius 1 is 1.28 bits per heavy atom. The minimum Gasteiger partial charge on any atom is -0.348 e. The van der Waals surface area contributed by atoms with Gasteiger partial charge in [-0.25, -0.2) is 0 Å². The van der Waals surface area contributed by atoms with Gasteiger partial charge in [-0.05, 0) is 62.6 Å².